The summed E-state index contributed by atoms with van der Waals surface area (Å²) < 4.78 is 11.4. The van der Waals surface area contributed by atoms with E-state index in [1.807, 2.05) is 54.6 Å². The molecule has 0 saturated carbocycles. The number of rotatable bonds is 7. The molecule has 2 amide bonds. The number of fused-ring (bicyclic) bond motifs is 1. The number of hydrogen-bond donors (Lipinski definition) is 1. The molecule has 1 aliphatic heterocycles. The quantitative estimate of drug-likeness (QED) is 0.589. The van der Waals surface area contributed by atoms with E-state index in [4.69, 9.17) is 21.1 Å². The van der Waals surface area contributed by atoms with E-state index < -0.39 is 6.03 Å². The van der Waals surface area contributed by atoms with E-state index in [1.165, 1.54) is 0 Å². The Hall–Kier alpha value is -3.09. The van der Waals surface area contributed by atoms with Crippen LogP contribution in [0.2, 0.25) is 5.02 Å². The fourth-order valence-electron chi connectivity index (χ4n) is 2.96. The van der Waals surface area contributed by atoms with Gasteiger partial charge in [0.1, 0.15) is 6.61 Å². The van der Waals surface area contributed by atoms with Gasteiger partial charge in [0.15, 0.2) is 11.5 Å². The summed E-state index contributed by atoms with van der Waals surface area (Å²) >= 11 is 6.18. The Balaban J connectivity index is 0.00000256. The topological polar surface area (TPSA) is 72.3 Å². The second-order valence-corrected chi connectivity index (χ2v) is 6.84. The van der Waals surface area contributed by atoms with Gasteiger partial charge in [-0.05, 0) is 42.0 Å². The molecule has 6 nitrogen and oxygen atoms in total. The lowest BCUT2D eigenvalue weighted by atomic mass is 10.2. The van der Waals surface area contributed by atoms with E-state index >= 15 is 0 Å². The molecule has 3 aromatic rings. The van der Waals surface area contributed by atoms with Crippen LogP contribution in [0.15, 0.2) is 70.6 Å². The molecule has 0 radical (unpaired) electrons. The lowest BCUT2D eigenvalue weighted by molar-refractivity contribution is 0.256. The Kier molecular flexibility index (Phi) is 6.92. The van der Waals surface area contributed by atoms with E-state index in [1.54, 1.807) is 13.2 Å². The Labute approximate surface area is 184 Å². The van der Waals surface area contributed by atoms with Crippen molar-refractivity contribution in [3.05, 3.63) is 87.5 Å². The first kappa shape index (κ1) is 21.6. The van der Waals surface area contributed by atoms with Gasteiger partial charge < -0.3 is 14.8 Å². The minimum Gasteiger partial charge on any atom is -0.493 e. The summed E-state index contributed by atoms with van der Waals surface area (Å²) in [4.78, 5) is 19.0. The minimum absolute atomic E-state index is 0. The fourth-order valence-corrected chi connectivity index (χ4v) is 3.16. The van der Waals surface area contributed by atoms with E-state index in [2.05, 4.69) is 15.3 Å². The maximum Gasteiger partial charge on any atom is 0.368 e. The molecule has 0 saturated heterocycles. The number of halogens is 2. The SMILES string of the molecule is COc1cc(CNc2ccc3c(c2)=NC(=O)N=3)ccc1OCc1ccccc1Cl.Cl. The number of ether oxygens (including phenoxy) is 2. The number of amides is 2. The van der Waals surface area contributed by atoms with Crippen LogP contribution in [0.25, 0.3) is 0 Å². The summed E-state index contributed by atoms with van der Waals surface area (Å²) in [6.45, 7) is 0.932. The predicted molar refractivity (Wildman–Crippen MR) is 118 cm³/mol. The van der Waals surface area contributed by atoms with Crippen LogP contribution in [0, 0.1) is 0 Å². The van der Waals surface area contributed by atoms with E-state index in [0.717, 1.165) is 16.8 Å². The standard InChI is InChI=1S/C22H18ClN3O3.ClH/c1-28-21-10-14(6-9-20(21)29-13-15-4-2-3-5-17(15)23)12-24-16-7-8-18-19(11-16)26-22(27)25-18;/h2-11,24H,12-13H2,1H3;1H. The maximum atomic E-state index is 11.3. The smallest absolute Gasteiger partial charge is 0.368 e. The van der Waals surface area contributed by atoms with E-state index in [9.17, 15) is 4.79 Å². The van der Waals surface area contributed by atoms with Crippen molar-refractivity contribution in [2.45, 2.75) is 13.2 Å². The van der Waals surface area contributed by atoms with Gasteiger partial charge in [-0.25, -0.2) is 4.79 Å². The Morgan fingerprint density at radius 2 is 1.77 bits per heavy atom. The van der Waals surface area contributed by atoms with Gasteiger partial charge >= 0.3 is 6.03 Å². The van der Waals surface area contributed by atoms with Crippen molar-refractivity contribution in [2.75, 3.05) is 12.4 Å². The normalized spacial score (nSPS) is 11.6. The van der Waals surface area contributed by atoms with Crippen LogP contribution in [0.4, 0.5) is 10.5 Å². The van der Waals surface area contributed by atoms with Gasteiger partial charge in [-0.1, -0.05) is 35.9 Å². The molecule has 1 heterocycles. The van der Waals surface area contributed by atoms with Crippen molar-refractivity contribution in [2.24, 2.45) is 9.98 Å². The molecule has 0 aliphatic carbocycles. The molecule has 0 fully saturated rings. The molecule has 3 aromatic carbocycles. The Bertz CT molecular complexity index is 1200. The average Bonchev–Trinajstić information content (AvgIpc) is 3.11. The van der Waals surface area contributed by atoms with Crippen molar-refractivity contribution in [1.29, 1.82) is 0 Å². The lowest BCUT2D eigenvalue weighted by Crippen LogP contribution is -2.21. The van der Waals surface area contributed by atoms with Crippen LogP contribution in [-0.4, -0.2) is 13.1 Å². The second kappa shape index (κ2) is 9.61. The zero-order valence-corrected chi connectivity index (χ0v) is 17.7. The average molecular weight is 444 g/mol. The number of methoxy groups -OCH3 is 1. The monoisotopic (exact) mass is 443 g/mol. The third-order valence-corrected chi connectivity index (χ3v) is 4.84. The van der Waals surface area contributed by atoms with Crippen LogP contribution in [0.5, 0.6) is 11.5 Å². The molecule has 4 rings (SSSR count). The Morgan fingerprint density at radius 3 is 2.57 bits per heavy atom. The molecule has 1 aliphatic rings. The van der Waals surface area contributed by atoms with Crippen molar-refractivity contribution >= 4 is 35.7 Å². The molecule has 0 bridgehead atoms. The number of nitrogens with one attached hydrogen (secondary N) is 1. The van der Waals surface area contributed by atoms with Gasteiger partial charge in [0.25, 0.3) is 0 Å². The summed E-state index contributed by atoms with van der Waals surface area (Å²) in [6, 6.07) is 18.3. The zero-order valence-electron chi connectivity index (χ0n) is 16.1. The third-order valence-electron chi connectivity index (χ3n) is 4.47. The molecule has 8 heteroatoms. The highest BCUT2D eigenvalue weighted by Gasteiger charge is 2.09. The molecular weight excluding hydrogens is 425 g/mol. The summed E-state index contributed by atoms with van der Waals surface area (Å²) in [7, 11) is 1.61. The number of nitrogens with zero attached hydrogens (tertiary/aromatic N) is 2. The number of hydrogen-bond acceptors (Lipinski definition) is 4. The van der Waals surface area contributed by atoms with Crippen LogP contribution >= 0.6 is 24.0 Å². The molecule has 0 atom stereocenters. The highest BCUT2D eigenvalue weighted by atomic mass is 35.5. The molecular formula is C22H19Cl2N3O3. The van der Waals surface area contributed by atoms with Crippen LogP contribution < -0.4 is 25.5 Å². The number of benzene rings is 3. The van der Waals surface area contributed by atoms with Gasteiger partial charge in [0.2, 0.25) is 0 Å². The van der Waals surface area contributed by atoms with Gasteiger partial charge in [-0.15, -0.1) is 12.4 Å². The van der Waals surface area contributed by atoms with Crippen molar-refractivity contribution in [1.82, 2.24) is 0 Å². The molecule has 154 valence electrons. The molecule has 0 aromatic heterocycles. The number of carbonyl (C=O) groups is 1. The van der Waals surface area contributed by atoms with Crippen molar-refractivity contribution < 1.29 is 14.3 Å². The Morgan fingerprint density at radius 1 is 0.967 bits per heavy atom. The number of anilines is 1. The third kappa shape index (κ3) is 4.90. The van der Waals surface area contributed by atoms with Crippen molar-refractivity contribution in [3.8, 4) is 11.5 Å². The molecule has 30 heavy (non-hydrogen) atoms. The van der Waals surface area contributed by atoms with Crippen LogP contribution in [0.1, 0.15) is 11.1 Å². The summed E-state index contributed by atoms with van der Waals surface area (Å²) in [5.74, 6) is 1.29. The van der Waals surface area contributed by atoms with E-state index in [-0.39, 0.29) is 12.4 Å². The zero-order chi connectivity index (χ0) is 20.2. The second-order valence-electron chi connectivity index (χ2n) is 6.43. The highest BCUT2D eigenvalue weighted by molar-refractivity contribution is 6.31. The van der Waals surface area contributed by atoms with Crippen LogP contribution in [0.3, 0.4) is 0 Å². The number of carbonyl (C=O) groups excluding carboxylic acids is 1. The van der Waals surface area contributed by atoms with Gasteiger partial charge in [-0.3, -0.25) is 0 Å². The minimum atomic E-state index is -0.464. The van der Waals surface area contributed by atoms with E-state index in [0.29, 0.717) is 40.4 Å². The van der Waals surface area contributed by atoms with Crippen LogP contribution in [-0.2, 0) is 13.2 Å². The first-order valence-corrected chi connectivity index (χ1v) is 9.38. The predicted octanol–water partition coefficient (Wildman–Crippen LogP) is 4.33. The molecule has 0 unspecified atom stereocenters. The van der Waals surface area contributed by atoms with Crippen molar-refractivity contribution in [3.63, 3.8) is 0 Å². The van der Waals surface area contributed by atoms with Gasteiger partial charge in [0, 0.05) is 22.8 Å². The first-order valence-electron chi connectivity index (χ1n) is 9.01. The largest absolute Gasteiger partial charge is 0.493 e. The van der Waals surface area contributed by atoms with Gasteiger partial charge in [0.05, 0.1) is 17.8 Å². The van der Waals surface area contributed by atoms with Gasteiger partial charge in [-0.2, -0.15) is 9.98 Å². The molecule has 1 N–H and O–H groups in total. The summed E-state index contributed by atoms with van der Waals surface area (Å²) in [5, 5.41) is 5.17. The highest BCUT2D eigenvalue weighted by Crippen LogP contribution is 2.30. The summed E-state index contributed by atoms with van der Waals surface area (Å²) in [5.41, 5.74) is 2.79. The lowest BCUT2D eigenvalue weighted by Gasteiger charge is -2.13. The molecule has 0 spiro atoms. The first-order chi connectivity index (χ1) is 14.1. The number of urea groups is 1. The fraction of sp³-hybridized carbons (Fsp3) is 0.136. The summed E-state index contributed by atoms with van der Waals surface area (Å²) in [6.07, 6.45) is 0. The maximum absolute atomic E-state index is 11.3.